The number of ether oxygens (including phenoxy) is 5. The molecule has 0 bridgehead atoms. The lowest BCUT2D eigenvalue weighted by Crippen LogP contribution is -2.21. The monoisotopic (exact) mass is 548 g/mol. The van der Waals surface area contributed by atoms with Gasteiger partial charge in [-0.05, 0) is 60.5 Å². The number of hydrogen-bond donors (Lipinski definition) is 1. The van der Waals surface area contributed by atoms with Crippen LogP contribution < -0.4 is 29.4 Å². The van der Waals surface area contributed by atoms with Crippen LogP contribution >= 0.6 is 0 Å². The van der Waals surface area contributed by atoms with Crippen molar-refractivity contribution in [1.82, 2.24) is 0 Å². The first kappa shape index (κ1) is 27.2. The molecule has 5 rings (SSSR count). The summed E-state index contributed by atoms with van der Waals surface area (Å²) in [5, 5.41) is 9.99. The molecule has 4 aromatic rings. The van der Waals surface area contributed by atoms with Crippen LogP contribution in [0.3, 0.4) is 0 Å². The van der Waals surface area contributed by atoms with Crippen LogP contribution in [0.15, 0.2) is 102 Å². The van der Waals surface area contributed by atoms with Crippen LogP contribution in [-0.2, 0) is 6.61 Å². The van der Waals surface area contributed by atoms with Gasteiger partial charge in [0.1, 0.15) is 35.5 Å². The number of hydrogen-bond acceptors (Lipinski definition) is 8. The molecule has 1 atom stereocenters. The fourth-order valence-electron chi connectivity index (χ4n) is 4.56. The van der Waals surface area contributed by atoms with E-state index in [4.69, 9.17) is 29.4 Å². The molecule has 41 heavy (non-hydrogen) atoms. The SMILES string of the molecule is CCOc1cc(C2C(C#N)=C(N)Oc3cc(OC(=O)c4ccc(OC)cc4)ccc32)ccc1OCc1ccccc1. The zero-order valence-corrected chi connectivity index (χ0v) is 22.6. The minimum atomic E-state index is -0.534. The van der Waals surface area contributed by atoms with Gasteiger partial charge in [-0.15, -0.1) is 0 Å². The Morgan fingerprint density at radius 1 is 0.927 bits per heavy atom. The molecule has 1 heterocycles. The second-order valence-corrected chi connectivity index (χ2v) is 9.16. The van der Waals surface area contributed by atoms with Crippen molar-refractivity contribution in [2.24, 2.45) is 5.73 Å². The summed E-state index contributed by atoms with van der Waals surface area (Å²) in [4.78, 5) is 12.7. The first-order valence-corrected chi connectivity index (χ1v) is 13.0. The number of benzene rings is 4. The lowest BCUT2D eigenvalue weighted by atomic mass is 9.83. The van der Waals surface area contributed by atoms with Gasteiger partial charge in [-0.2, -0.15) is 5.26 Å². The van der Waals surface area contributed by atoms with Gasteiger partial charge in [0, 0.05) is 11.6 Å². The Bertz CT molecular complexity index is 1620. The second-order valence-electron chi connectivity index (χ2n) is 9.16. The number of methoxy groups -OCH3 is 1. The average molecular weight is 549 g/mol. The highest BCUT2D eigenvalue weighted by Gasteiger charge is 2.32. The first-order valence-electron chi connectivity index (χ1n) is 13.0. The van der Waals surface area contributed by atoms with Crippen molar-refractivity contribution in [3.63, 3.8) is 0 Å². The van der Waals surface area contributed by atoms with E-state index in [-0.39, 0.29) is 17.2 Å². The van der Waals surface area contributed by atoms with E-state index in [9.17, 15) is 10.1 Å². The molecule has 206 valence electrons. The molecular formula is C33H28N2O6. The van der Waals surface area contributed by atoms with Crippen molar-refractivity contribution in [3.05, 3.63) is 125 Å². The molecular weight excluding hydrogens is 520 g/mol. The Balaban J connectivity index is 1.43. The van der Waals surface area contributed by atoms with Gasteiger partial charge in [0.05, 0.1) is 25.2 Å². The molecule has 8 heteroatoms. The highest BCUT2D eigenvalue weighted by atomic mass is 16.5. The van der Waals surface area contributed by atoms with Crippen LogP contribution in [0.5, 0.6) is 28.7 Å². The maximum atomic E-state index is 12.7. The highest BCUT2D eigenvalue weighted by Crippen LogP contribution is 2.45. The second kappa shape index (κ2) is 12.2. The predicted octanol–water partition coefficient (Wildman–Crippen LogP) is 6.11. The van der Waals surface area contributed by atoms with Crippen molar-refractivity contribution < 1.29 is 28.5 Å². The molecule has 1 aliphatic heterocycles. The van der Waals surface area contributed by atoms with Gasteiger partial charge >= 0.3 is 5.97 Å². The fourth-order valence-corrected chi connectivity index (χ4v) is 4.56. The van der Waals surface area contributed by atoms with Crippen LogP contribution in [0.1, 0.15) is 39.9 Å². The fraction of sp³-hybridized carbons (Fsp3) is 0.152. The van der Waals surface area contributed by atoms with Crippen molar-refractivity contribution in [2.75, 3.05) is 13.7 Å². The zero-order valence-electron chi connectivity index (χ0n) is 22.6. The van der Waals surface area contributed by atoms with Crippen molar-refractivity contribution in [1.29, 1.82) is 5.26 Å². The Morgan fingerprint density at radius 3 is 2.39 bits per heavy atom. The summed E-state index contributed by atoms with van der Waals surface area (Å²) >= 11 is 0. The molecule has 0 fully saturated rings. The van der Waals surface area contributed by atoms with Crippen molar-refractivity contribution in [3.8, 4) is 34.8 Å². The molecule has 0 spiro atoms. The topological polar surface area (TPSA) is 113 Å². The third-order valence-electron chi connectivity index (χ3n) is 6.56. The molecule has 8 nitrogen and oxygen atoms in total. The number of allylic oxidation sites excluding steroid dienone is 1. The molecule has 2 N–H and O–H groups in total. The largest absolute Gasteiger partial charge is 0.497 e. The Labute approximate surface area is 238 Å². The first-order chi connectivity index (χ1) is 20.0. The lowest BCUT2D eigenvalue weighted by Gasteiger charge is -2.27. The molecule has 0 saturated carbocycles. The summed E-state index contributed by atoms with van der Waals surface area (Å²) in [5.41, 5.74) is 9.33. The van der Waals surface area contributed by atoms with E-state index < -0.39 is 11.9 Å². The Kier molecular flexibility index (Phi) is 8.07. The van der Waals surface area contributed by atoms with Gasteiger partial charge in [-0.3, -0.25) is 0 Å². The predicted molar refractivity (Wildman–Crippen MR) is 152 cm³/mol. The number of nitriles is 1. The minimum Gasteiger partial charge on any atom is -0.497 e. The van der Waals surface area contributed by atoms with Crippen LogP contribution in [0.4, 0.5) is 0 Å². The van der Waals surface area contributed by atoms with Gasteiger partial charge in [-0.25, -0.2) is 4.79 Å². The molecule has 0 aromatic heterocycles. The van der Waals surface area contributed by atoms with Crippen LogP contribution in [0.2, 0.25) is 0 Å². The lowest BCUT2D eigenvalue weighted by molar-refractivity contribution is 0.0734. The molecule has 0 radical (unpaired) electrons. The number of carbonyl (C=O) groups excluding carboxylic acids is 1. The molecule has 4 aromatic carbocycles. The van der Waals surface area contributed by atoms with E-state index in [0.29, 0.717) is 47.3 Å². The highest BCUT2D eigenvalue weighted by molar-refractivity contribution is 5.91. The normalized spacial score (nSPS) is 13.8. The third-order valence-corrected chi connectivity index (χ3v) is 6.56. The summed E-state index contributed by atoms with van der Waals surface area (Å²) in [6.45, 7) is 2.71. The minimum absolute atomic E-state index is 0.0222. The van der Waals surface area contributed by atoms with E-state index in [1.165, 1.54) is 0 Å². The molecule has 0 saturated heterocycles. The zero-order chi connectivity index (χ0) is 28.8. The molecule has 1 aliphatic rings. The summed E-state index contributed by atoms with van der Waals surface area (Å²) in [7, 11) is 1.55. The smallest absolute Gasteiger partial charge is 0.343 e. The van der Waals surface area contributed by atoms with E-state index >= 15 is 0 Å². The number of carbonyl (C=O) groups is 1. The Morgan fingerprint density at radius 2 is 1.68 bits per heavy atom. The van der Waals surface area contributed by atoms with E-state index in [1.54, 1.807) is 49.6 Å². The number of nitrogens with zero attached hydrogens (tertiary/aromatic N) is 1. The summed E-state index contributed by atoms with van der Waals surface area (Å²) in [5.74, 6) is 1.34. The van der Waals surface area contributed by atoms with Gasteiger partial charge in [0.15, 0.2) is 11.5 Å². The molecule has 0 amide bonds. The van der Waals surface area contributed by atoms with E-state index in [2.05, 4.69) is 6.07 Å². The van der Waals surface area contributed by atoms with Gasteiger partial charge in [0.2, 0.25) is 5.88 Å². The van der Waals surface area contributed by atoms with E-state index in [1.807, 2.05) is 55.5 Å². The molecule has 1 unspecified atom stereocenters. The summed E-state index contributed by atoms with van der Waals surface area (Å²) in [6, 6.07) is 29.2. The third kappa shape index (κ3) is 5.94. The summed E-state index contributed by atoms with van der Waals surface area (Å²) in [6.07, 6.45) is 0. The summed E-state index contributed by atoms with van der Waals surface area (Å²) < 4.78 is 28.5. The maximum absolute atomic E-state index is 12.7. The van der Waals surface area contributed by atoms with Crippen LogP contribution in [0.25, 0.3) is 0 Å². The number of nitrogens with two attached hydrogens (primary N) is 1. The standard InChI is InChI=1S/C33H28N2O6/c1-3-38-30-17-23(11-16-28(30)39-20-21-7-5-4-6-8-21)31-26-15-14-25(18-29(26)41-32(35)27(31)19-34)40-33(36)22-9-12-24(37-2)13-10-22/h4-18,31H,3,20,35H2,1-2H3. The van der Waals surface area contributed by atoms with Crippen molar-refractivity contribution in [2.45, 2.75) is 19.4 Å². The van der Waals surface area contributed by atoms with Gasteiger partial charge in [-0.1, -0.05) is 42.5 Å². The van der Waals surface area contributed by atoms with Gasteiger partial charge < -0.3 is 29.4 Å². The quantitative estimate of drug-likeness (QED) is 0.197. The van der Waals surface area contributed by atoms with Gasteiger partial charge in [0.25, 0.3) is 0 Å². The number of fused-ring (bicyclic) bond motifs is 1. The number of rotatable bonds is 9. The molecule has 0 aliphatic carbocycles. The van der Waals surface area contributed by atoms with E-state index in [0.717, 1.165) is 11.1 Å². The van der Waals surface area contributed by atoms with Crippen LogP contribution in [-0.4, -0.2) is 19.7 Å². The van der Waals surface area contributed by atoms with Crippen LogP contribution in [0, 0.1) is 11.3 Å². The average Bonchev–Trinajstić information content (AvgIpc) is 3.00. The maximum Gasteiger partial charge on any atom is 0.343 e. The van der Waals surface area contributed by atoms with Crippen molar-refractivity contribution >= 4 is 5.97 Å². The number of esters is 1. The Hall–Kier alpha value is -5.42.